The Morgan fingerprint density at radius 3 is 2.39 bits per heavy atom. The number of nitrogens with one attached hydrogen (secondary N) is 2. The fourth-order valence-corrected chi connectivity index (χ4v) is 1.47. The molecule has 1 aromatic carbocycles. The summed E-state index contributed by atoms with van der Waals surface area (Å²) < 4.78 is 0. The topological polar surface area (TPSA) is 57.8 Å². The van der Waals surface area contributed by atoms with E-state index in [2.05, 4.69) is 15.3 Å². The first kappa shape index (κ1) is 12.4. The van der Waals surface area contributed by atoms with Crippen molar-refractivity contribution in [3.63, 3.8) is 0 Å². The van der Waals surface area contributed by atoms with E-state index in [0.717, 1.165) is 16.9 Å². The summed E-state index contributed by atoms with van der Waals surface area (Å²) in [6, 6.07) is 7.68. The zero-order valence-corrected chi connectivity index (χ0v) is 10.8. The molecule has 0 atom stereocenters. The predicted molar refractivity (Wildman–Crippen MR) is 72.1 cm³/mol. The molecule has 0 bridgehead atoms. The number of carbonyl (C=O) groups excluding carboxylic acids is 1. The number of hydrogen-bond acceptors (Lipinski definition) is 2. The van der Waals surface area contributed by atoms with Crippen LogP contribution in [0, 0.1) is 5.41 Å². The van der Waals surface area contributed by atoms with Crippen LogP contribution < -0.4 is 5.32 Å². The van der Waals surface area contributed by atoms with Gasteiger partial charge in [-0.05, 0) is 17.7 Å². The second kappa shape index (κ2) is 4.64. The molecule has 0 radical (unpaired) electrons. The van der Waals surface area contributed by atoms with Crippen LogP contribution in [0.4, 0.5) is 5.69 Å². The van der Waals surface area contributed by atoms with Gasteiger partial charge in [0.25, 0.3) is 0 Å². The average molecular weight is 243 g/mol. The average Bonchev–Trinajstić information content (AvgIpc) is 2.82. The van der Waals surface area contributed by atoms with Crippen molar-refractivity contribution in [3.05, 3.63) is 36.8 Å². The lowest BCUT2D eigenvalue weighted by Crippen LogP contribution is -2.27. The Kier molecular flexibility index (Phi) is 3.19. The highest BCUT2D eigenvalue weighted by molar-refractivity contribution is 5.94. The number of anilines is 1. The lowest BCUT2D eigenvalue weighted by Gasteiger charge is -2.17. The first-order chi connectivity index (χ1) is 8.47. The summed E-state index contributed by atoms with van der Waals surface area (Å²) >= 11 is 0. The molecule has 0 unspecified atom stereocenters. The van der Waals surface area contributed by atoms with Gasteiger partial charge in [-0.2, -0.15) is 0 Å². The van der Waals surface area contributed by atoms with Crippen molar-refractivity contribution in [3.8, 4) is 11.3 Å². The molecule has 1 aromatic heterocycles. The largest absolute Gasteiger partial charge is 0.345 e. The number of benzene rings is 1. The minimum Gasteiger partial charge on any atom is -0.345 e. The Morgan fingerprint density at radius 2 is 1.89 bits per heavy atom. The SMILES string of the molecule is CC(C)(C)C(=O)Nc1ccc(-c2cnc[nH]2)cc1. The van der Waals surface area contributed by atoms with Gasteiger partial charge >= 0.3 is 0 Å². The van der Waals surface area contributed by atoms with Gasteiger partial charge in [0.2, 0.25) is 5.91 Å². The van der Waals surface area contributed by atoms with Gasteiger partial charge < -0.3 is 10.3 Å². The van der Waals surface area contributed by atoms with Crippen LogP contribution in [-0.2, 0) is 4.79 Å². The first-order valence-corrected chi connectivity index (χ1v) is 5.87. The number of nitrogens with zero attached hydrogens (tertiary/aromatic N) is 1. The summed E-state index contributed by atoms with van der Waals surface area (Å²) in [7, 11) is 0. The maximum absolute atomic E-state index is 11.8. The first-order valence-electron chi connectivity index (χ1n) is 5.87. The van der Waals surface area contributed by atoms with E-state index >= 15 is 0 Å². The standard InChI is InChI=1S/C14H17N3O/c1-14(2,3)13(18)17-11-6-4-10(5-7-11)12-8-15-9-16-12/h4-9H,1-3H3,(H,15,16)(H,17,18). The number of aromatic nitrogens is 2. The molecule has 1 heterocycles. The molecule has 2 rings (SSSR count). The van der Waals surface area contributed by atoms with E-state index in [-0.39, 0.29) is 11.3 Å². The molecule has 94 valence electrons. The van der Waals surface area contributed by atoms with Crippen molar-refractivity contribution < 1.29 is 4.79 Å². The van der Waals surface area contributed by atoms with Gasteiger partial charge in [0, 0.05) is 11.1 Å². The van der Waals surface area contributed by atoms with Gasteiger partial charge in [0.05, 0.1) is 18.2 Å². The van der Waals surface area contributed by atoms with Gasteiger partial charge in [-0.3, -0.25) is 4.79 Å². The van der Waals surface area contributed by atoms with E-state index < -0.39 is 0 Å². The van der Waals surface area contributed by atoms with Gasteiger partial charge in [0.1, 0.15) is 0 Å². The van der Waals surface area contributed by atoms with Crippen LogP contribution in [0.25, 0.3) is 11.3 Å². The number of imidazole rings is 1. The molecule has 1 amide bonds. The van der Waals surface area contributed by atoms with E-state index in [1.165, 1.54) is 0 Å². The van der Waals surface area contributed by atoms with Gasteiger partial charge in [-0.25, -0.2) is 4.98 Å². The van der Waals surface area contributed by atoms with Crippen molar-refractivity contribution in [2.75, 3.05) is 5.32 Å². The molecule has 2 N–H and O–H groups in total. The van der Waals surface area contributed by atoms with Crippen LogP contribution >= 0.6 is 0 Å². The van der Waals surface area contributed by atoms with E-state index in [1.54, 1.807) is 12.5 Å². The Balaban J connectivity index is 2.12. The van der Waals surface area contributed by atoms with Gasteiger partial charge in [0.15, 0.2) is 0 Å². The van der Waals surface area contributed by atoms with Crippen LogP contribution in [0.3, 0.4) is 0 Å². The Labute approximate surface area is 106 Å². The van der Waals surface area contributed by atoms with Gasteiger partial charge in [-0.15, -0.1) is 0 Å². The number of rotatable bonds is 2. The Hall–Kier alpha value is -2.10. The van der Waals surface area contributed by atoms with E-state index in [0.29, 0.717) is 0 Å². The molecule has 0 saturated heterocycles. The van der Waals surface area contributed by atoms with Crippen molar-refractivity contribution in [2.24, 2.45) is 5.41 Å². The molecule has 0 aliphatic rings. The normalized spacial score (nSPS) is 11.3. The number of H-pyrrole nitrogens is 1. The third-order valence-corrected chi connectivity index (χ3v) is 2.63. The second-order valence-corrected chi connectivity index (χ2v) is 5.25. The maximum Gasteiger partial charge on any atom is 0.229 e. The molecule has 0 saturated carbocycles. The zero-order chi connectivity index (χ0) is 13.2. The third kappa shape index (κ3) is 2.77. The molecular formula is C14H17N3O. The van der Waals surface area contributed by atoms with Crippen molar-refractivity contribution in [1.82, 2.24) is 9.97 Å². The lowest BCUT2D eigenvalue weighted by molar-refractivity contribution is -0.123. The fourth-order valence-electron chi connectivity index (χ4n) is 1.47. The summed E-state index contributed by atoms with van der Waals surface area (Å²) in [5.74, 6) is 0.0109. The summed E-state index contributed by atoms with van der Waals surface area (Å²) in [5.41, 5.74) is 2.42. The summed E-state index contributed by atoms with van der Waals surface area (Å²) in [6.07, 6.45) is 3.41. The summed E-state index contributed by atoms with van der Waals surface area (Å²) in [6.45, 7) is 5.67. The predicted octanol–water partition coefficient (Wildman–Crippen LogP) is 3.06. The highest BCUT2D eigenvalue weighted by atomic mass is 16.2. The fraction of sp³-hybridized carbons (Fsp3) is 0.286. The zero-order valence-electron chi connectivity index (χ0n) is 10.8. The molecule has 2 aromatic rings. The number of carbonyl (C=O) groups is 1. The van der Waals surface area contributed by atoms with Gasteiger partial charge in [-0.1, -0.05) is 32.9 Å². The maximum atomic E-state index is 11.8. The molecular weight excluding hydrogens is 226 g/mol. The van der Waals surface area contributed by atoms with Crippen molar-refractivity contribution >= 4 is 11.6 Å². The van der Waals surface area contributed by atoms with Crippen molar-refractivity contribution in [1.29, 1.82) is 0 Å². The van der Waals surface area contributed by atoms with Crippen LogP contribution in [-0.4, -0.2) is 15.9 Å². The smallest absolute Gasteiger partial charge is 0.229 e. The lowest BCUT2D eigenvalue weighted by atomic mass is 9.95. The monoisotopic (exact) mass is 243 g/mol. The molecule has 0 aliphatic carbocycles. The number of hydrogen-bond donors (Lipinski definition) is 2. The third-order valence-electron chi connectivity index (χ3n) is 2.63. The summed E-state index contributed by atoms with van der Waals surface area (Å²) in [5, 5.41) is 2.89. The molecule has 0 spiro atoms. The van der Waals surface area contributed by atoms with E-state index in [1.807, 2.05) is 45.0 Å². The minimum absolute atomic E-state index is 0.0109. The number of amides is 1. The van der Waals surface area contributed by atoms with Crippen LogP contribution in [0.15, 0.2) is 36.8 Å². The Morgan fingerprint density at radius 1 is 1.22 bits per heavy atom. The molecule has 0 aliphatic heterocycles. The Bertz CT molecular complexity index is 521. The highest BCUT2D eigenvalue weighted by Gasteiger charge is 2.20. The molecule has 4 nitrogen and oxygen atoms in total. The summed E-state index contributed by atoms with van der Waals surface area (Å²) in [4.78, 5) is 18.8. The van der Waals surface area contributed by atoms with E-state index in [4.69, 9.17) is 0 Å². The van der Waals surface area contributed by atoms with E-state index in [9.17, 15) is 4.79 Å². The quantitative estimate of drug-likeness (QED) is 0.851. The minimum atomic E-state index is -0.387. The second-order valence-electron chi connectivity index (χ2n) is 5.25. The molecule has 4 heteroatoms. The van der Waals surface area contributed by atoms with Crippen LogP contribution in [0.2, 0.25) is 0 Å². The highest BCUT2D eigenvalue weighted by Crippen LogP contribution is 2.21. The number of aromatic amines is 1. The van der Waals surface area contributed by atoms with Crippen LogP contribution in [0.5, 0.6) is 0 Å². The van der Waals surface area contributed by atoms with Crippen molar-refractivity contribution in [2.45, 2.75) is 20.8 Å². The molecule has 18 heavy (non-hydrogen) atoms. The molecule has 0 fully saturated rings. The van der Waals surface area contributed by atoms with Crippen LogP contribution in [0.1, 0.15) is 20.8 Å².